The van der Waals surface area contributed by atoms with Crippen molar-refractivity contribution in [1.82, 2.24) is 0 Å². The number of carbonyl (C=O) groups is 1. The van der Waals surface area contributed by atoms with Crippen molar-refractivity contribution in [3.05, 3.63) is 46.0 Å². The Labute approximate surface area is 85.2 Å². The molecule has 1 aromatic carbocycles. The lowest BCUT2D eigenvalue weighted by molar-refractivity contribution is -0.562. The van der Waals surface area contributed by atoms with Gasteiger partial charge in [0.2, 0.25) is 0 Å². The number of nitro groups is 1. The maximum atomic E-state index is 10.4. The van der Waals surface area contributed by atoms with Gasteiger partial charge in [-0.15, -0.1) is 0 Å². The summed E-state index contributed by atoms with van der Waals surface area (Å²) in [5.41, 5.74) is 0.686. The first-order valence-electron chi connectivity index (χ1n) is 4.13. The van der Waals surface area contributed by atoms with Crippen LogP contribution in [0.4, 0.5) is 0 Å². The first-order chi connectivity index (χ1) is 7.11. The number of hydrogen-bond donors (Lipinski definition) is 1. The normalized spacial score (nSPS) is 12.0. The van der Waals surface area contributed by atoms with Crippen LogP contribution < -0.4 is 0 Å². The molecule has 0 fully saturated rings. The second-order valence-electron chi connectivity index (χ2n) is 2.77. The van der Waals surface area contributed by atoms with E-state index in [0.29, 0.717) is 5.56 Å². The zero-order valence-corrected chi connectivity index (χ0v) is 7.70. The quantitative estimate of drug-likeness (QED) is 0.443. The summed E-state index contributed by atoms with van der Waals surface area (Å²) >= 11 is 0. The number of carboxylic acids is 1. The molecule has 0 aliphatic heterocycles. The average molecular weight is 211 g/mol. The van der Waals surface area contributed by atoms with Crippen molar-refractivity contribution in [3.8, 4) is 0 Å². The summed E-state index contributed by atoms with van der Waals surface area (Å²) in [6.45, 7) is -0.0984. The highest BCUT2D eigenvalue weighted by Crippen LogP contribution is 2.04. The van der Waals surface area contributed by atoms with Crippen LogP contribution in [-0.2, 0) is 16.1 Å². The lowest BCUT2D eigenvalue weighted by Gasteiger charge is -2.05. The Balaban J connectivity index is 2.55. The summed E-state index contributed by atoms with van der Waals surface area (Å²) in [7, 11) is 0. The van der Waals surface area contributed by atoms with Crippen LogP contribution in [0.15, 0.2) is 30.3 Å². The minimum atomic E-state index is -2.01. The molecule has 1 atom stereocenters. The fourth-order valence-electron chi connectivity index (χ4n) is 0.972. The smallest absolute Gasteiger partial charge is 0.413 e. The lowest BCUT2D eigenvalue weighted by atomic mass is 10.2. The van der Waals surface area contributed by atoms with Crippen LogP contribution in [0.5, 0.6) is 0 Å². The van der Waals surface area contributed by atoms with Crippen molar-refractivity contribution in [3.63, 3.8) is 0 Å². The van der Waals surface area contributed by atoms with E-state index < -0.39 is 17.1 Å². The topological polar surface area (TPSA) is 89.7 Å². The standard InChI is InChI=1S/C9H9NO5/c11-9(12)8(10(13)14)15-6-7-4-2-1-3-5-7/h1-5,8H,6H2,(H,11,12). The monoisotopic (exact) mass is 211 g/mol. The van der Waals surface area contributed by atoms with E-state index in [2.05, 4.69) is 4.74 Å². The minimum Gasteiger partial charge on any atom is -0.474 e. The molecule has 1 rings (SSSR count). The van der Waals surface area contributed by atoms with Gasteiger partial charge in [0.05, 0.1) is 11.5 Å². The van der Waals surface area contributed by atoms with Gasteiger partial charge < -0.3 is 9.84 Å². The van der Waals surface area contributed by atoms with E-state index in [0.717, 1.165) is 0 Å². The SMILES string of the molecule is O=C(O)C(OCc1ccccc1)[N+](=O)[O-]. The number of ether oxygens (including phenoxy) is 1. The zero-order chi connectivity index (χ0) is 11.3. The van der Waals surface area contributed by atoms with E-state index >= 15 is 0 Å². The molecule has 15 heavy (non-hydrogen) atoms. The third-order valence-corrected chi connectivity index (χ3v) is 1.65. The summed E-state index contributed by atoms with van der Waals surface area (Å²) in [5, 5.41) is 18.7. The molecule has 0 saturated carbocycles. The fourth-order valence-corrected chi connectivity index (χ4v) is 0.972. The Morgan fingerprint density at radius 1 is 1.47 bits per heavy atom. The van der Waals surface area contributed by atoms with E-state index in [1.807, 2.05) is 0 Å². The van der Waals surface area contributed by atoms with Gasteiger partial charge in [0.1, 0.15) is 0 Å². The van der Waals surface area contributed by atoms with E-state index in [1.165, 1.54) is 0 Å². The van der Waals surface area contributed by atoms with Crippen molar-refractivity contribution < 1.29 is 19.6 Å². The first-order valence-corrected chi connectivity index (χ1v) is 4.13. The molecule has 0 radical (unpaired) electrons. The molecular formula is C9H9NO5. The highest BCUT2D eigenvalue weighted by atomic mass is 16.7. The Kier molecular flexibility index (Phi) is 3.75. The van der Waals surface area contributed by atoms with E-state index in [4.69, 9.17) is 5.11 Å². The molecule has 0 bridgehead atoms. The molecule has 0 aliphatic rings. The van der Waals surface area contributed by atoms with Crippen LogP contribution in [0, 0.1) is 10.1 Å². The van der Waals surface area contributed by atoms with Gasteiger partial charge in [-0.2, -0.15) is 0 Å². The van der Waals surface area contributed by atoms with Gasteiger partial charge in [-0.3, -0.25) is 10.1 Å². The molecule has 0 aliphatic carbocycles. The molecule has 1 aromatic rings. The number of rotatable bonds is 5. The maximum Gasteiger partial charge on any atom is 0.413 e. The summed E-state index contributed by atoms with van der Waals surface area (Å²) in [6.07, 6.45) is -2.01. The zero-order valence-electron chi connectivity index (χ0n) is 7.70. The van der Waals surface area contributed by atoms with Gasteiger partial charge in [0, 0.05) is 0 Å². The van der Waals surface area contributed by atoms with Crippen molar-refractivity contribution in [2.75, 3.05) is 0 Å². The van der Waals surface area contributed by atoms with Crippen LogP contribution in [0.3, 0.4) is 0 Å². The summed E-state index contributed by atoms with van der Waals surface area (Å²) in [5.74, 6) is -1.60. The van der Waals surface area contributed by atoms with Gasteiger partial charge >= 0.3 is 12.2 Å². The van der Waals surface area contributed by atoms with E-state index in [9.17, 15) is 14.9 Å². The molecule has 1 unspecified atom stereocenters. The Morgan fingerprint density at radius 2 is 2.07 bits per heavy atom. The van der Waals surface area contributed by atoms with Crippen molar-refractivity contribution in [2.24, 2.45) is 0 Å². The Bertz CT molecular complexity index is 337. The molecule has 80 valence electrons. The van der Waals surface area contributed by atoms with Gasteiger partial charge in [-0.05, 0) is 5.56 Å². The molecule has 0 spiro atoms. The van der Waals surface area contributed by atoms with E-state index in [-0.39, 0.29) is 6.61 Å². The van der Waals surface area contributed by atoms with Crippen molar-refractivity contribution in [2.45, 2.75) is 12.8 Å². The summed E-state index contributed by atoms with van der Waals surface area (Å²) in [4.78, 5) is 19.7. The number of nitrogens with zero attached hydrogens (tertiary/aromatic N) is 1. The highest BCUT2D eigenvalue weighted by molar-refractivity contribution is 5.70. The summed E-state index contributed by atoms with van der Waals surface area (Å²) < 4.78 is 4.65. The van der Waals surface area contributed by atoms with Crippen LogP contribution in [-0.4, -0.2) is 22.2 Å². The van der Waals surface area contributed by atoms with Gasteiger partial charge in [0.25, 0.3) is 0 Å². The predicted molar refractivity (Wildman–Crippen MR) is 49.6 cm³/mol. The molecule has 0 saturated heterocycles. The third kappa shape index (κ3) is 3.35. The number of benzene rings is 1. The van der Waals surface area contributed by atoms with E-state index in [1.54, 1.807) is 30.3 Å². The number of hydrogen-bond acceptors (Lipinski definition) is 4. The van der Waals surface area contributed by atoms with Crippen LogP contribution in [0.1, 0.15) is 5.56 Å². The molecule has 0 heterocycles. The Hall–Kier alpha value is -1.95. The molecule has 1 N–H and O–H groups in total. The van der Waals surface area contributed by atoms with Gasteiger partial charge in [0.15, 0.2) is 0 Å². The Morgan fingerprint density at radius 3 is 2.53 bits per heavy atom. The number of aliphatic carboxylic acids is 1. The van der Waals surface area contributed by atoms with Gasteiger partial charge in [-0.25, -0.2) is 4.79 Å². The second kappa shape index (κ2) is 5.06. The molecule has 0 aromatic heterocycles. The van der Waals surface area contributed by atoms with Gasteiger partial charge in [-0.1, -0.05) is 30.3 Å². The fraction of sp³-hybridized carbons (Fsp3) is 0.222. The van der Waals surface area contributed by atoms with Crippen LogP contribution in [0.25, 0.3) is 0 Å². The highest BCUT2D eigenvalue weighted by Gasteiger charge is 2.29. The minimum absolute atomic E-state index is 0.0984. The average Bonchev–Trinajstić information content (AvgIpc) is 2.18. The maximum absolute atomic E-state index is 10.4. The lowest BCUT2D eigenvalue weighted by Crippen LogP contribution is -2.31. The summed E-state index contributed by atoms with van der Waals surface area (Å²) in [6, 6.07) is 8.64. The van der Waals surface area contributed by atoms with Crippen LogP contribution >= 0.6 is 0 Å². The largest absolute Gasteiger partial charge is 0.474 e. The third-order valence-electron chi connectivity index (χ3n) is 1.65. The molecular weight excluding hydrogens is 202 g/mol. The molecule has 0 amide bonds. The van der Waals surface area contributed by atoms with Crippen molar-refractivity contribution >= 4 is 5.97 Å². The second-order valence-corrected chi connectivity index (χ2v) is 2.77. The van der Waals surface area contributed by atoms with Crippen LogP contribution in [0.2, 0.25) is 0 Å². The molecule has 6 nitrogen and oxygen atoms in total. The van der Waals surface area contributed by atoms with Crippen molar-refractivity contribution in [1.29, 1.82) is 0 Å². The number of carboxylic acid groups (broad SMARTS) is 1. The first kappa shape index (κ1) is 11.1. The molecule has 6 heteroatoms. The predicted octanol–water partition coefficient (Wildman–Crippen LogP) is 0.891.